The van der Waals surface area contributed by atoms with E-state index < -0.39 is 44.9 Å². The van der Waals surface area contributed by atoms with Gasteiger partial charge in [0.25, 0.3) is 10.0 Å². The van der Waals surface area contributed by atoms with Gasteiger partial charge in [-0.25, -0.2) is 33.4 Å². The summed E-state index contributed by atoms with van der Waals surface area (Å²) < 4.78 is 74.9. The normalized spacial score (nSPS) is 12.6. The molecule has 3 aromatic carbocycles. The van der Waals surface area contributed by atoms with Crippen molar-refractivity contribution in [3.05, 3.63) is 88.2 Å². The average Bonchev–Trinajstić information content (AvgIpc) is 2.92. The number of hydrogen-bond acceptors (Lipinski definition) is 9. The third-order valence-electron chi connectivity index (χ3n) is 6.10. The van der Waals surface area contributed by atoms with Gasteiger partial charge in [-0.15, -0.1) is 13.2 Å². The van der Waals surface area contributed by atoms with Crippen molar-refractivity contribution in [2.24, 2.45) is 5.84 Å². The molecule has 0 saturated carbocycles. The van der Waals surface area contributed by atoms with Crippen LogP contribution >= 0.6 is 11.6 Å². The summed E-state index contributed by atoms with van der Waals surface area (Å²) in [6, 6.07) is 13.4. The van der Waals surface area contributed by atoms with E-state index in [0.717, 1.165) is 17.7 Å². The van der Waals surface area contributed by atoms with Crippen LogP contribution in [0.4, 0.5) is 24.7 Å². The van der Waals surface area contributed by atoms with Crippen molar-refractivity contribution in [3.8, 4) is 5.75 Å². The van der Waals surface area contributed by atoms with Gasteiger partial charge in [-0.1, -0.05) is 41.4 Å². The van der Waals surface area contributed by atoms with E-state index in [4.69, 9.17) is 22.2 Å². The van der Waals surface area contributed by atoms with Gasteiger partial charge in [-0.3, -0.25) is 0 Å². The number of alkyl halides is 3. The van der Waals surface area contributed by atoms with Crippen LogP contribution in [0.5, 0.6) is 5.75 Å². The summed E-state index contributed by atoms with van der Waals surface area (Å²) >= 11 is 6.10. The zero-order valence-corrected chi connectivity index (χ0v) is 24.0. The smallest absolute Gasteiger partial charge is 0.465 e. The summed E-state index contributed by atoms with van der Waals surface area (Å²) in [5, 5.41) is 2.99. The molecule has 10 nitrogen and oxygen atoms in total. The summed E-state index contributed by atoms with van der Waals surface area (Å²) in [5.41, 5.74) is 1.66. The Morgan fingerprint density at radius 2 is 1.79 bits per heavy atom. The Kier molecular flexibility index (Phi) is 8.80. The van der Waals surface area contributed by atoms with Crippen LogP contribution in [-0.2, 0) is 14.8 Å². The number of methoxy groups -OCH3 is 1. The van der Waals surface area contributed by atoms with Crippen LogP contribution < -0.4 is 20.3 Å². The summed E-state index contributed by atoms with van der Waals surface area (Å²) in [5.74, 6) is 4.43. The van der Waals surface area contributed by atoms with Crippen molar-refractivity contribution in [1.82, 2.24) is 9.97 Å². The molecule has 1 heterocycles. The quantitative estimate of drug-likeness (QED) is 0.142. The molecule has 4 rings (SSSR count). The molecule has 0 unspecified atom stereocenters. The molecule has 0 aliphatic rings. The Morgan fingerprint density at radius 3 is 2.40 bits per heavy atom. The highest BCUT2D eigenvalue weighted by molar-refractivity contribution is 7.92. The summed E-state index contributed by atoms with van der Waals surface area (Å²) in [4.78, 5) is 21.1. The minimum absolute atomic E-state index is 0.147. The molecule has 3 N–H and O–H groups in total. The highest BCUT2D eigenvalue weighted by atomic mass is 35.5. The highest BCUT2D eigenvalue weighted by Crippen LogP contribution is 2.35. The number of halogens is 4. The molecule has 0 saturated heterocycles. The molecule has 1 aromatic heterocycles. The third kappa shape index (κ3) is 7.01. The molecular weight excluding hydrogens is 599 g/mol. The van der Waals surface area contributed by atoms with Gasteiger partial charge in [-0.2, -0.15) is 0 Å². The molecule has 42 heavy (non-hydrogen) atoms. The maximum Gasteiger partial charge on any atom is 0.573 e. The number of para-hydroxylation sites is 1. The summed E-state index contributed by atoms with van der Waals surface area (Å²) in [6.45, 7) is 3.40. The van der Waals surface area contributed by atoms with Crippen LogP contribution in [0.2, 0.25) is 5.02 Å². The van der Waals surface area contributed by atoms with Crippen molar-refractivity contribution >= 4 is 50.0 Å². The minimum atomic E-state index is -4.99. The first kappa shape index (κ1) is 30.8. The van der Waals surface area contributed by atoms with Crippen LogP contribution in [0.3, 0.4) is 0 Å². The highest BCUT2D eigenvalue weighted by Gasteiger charge is 2.33. The number of hydrogen-bond donors (Lipinski definition) is 2. The van der Waals surface area contributed by atoms with Gasteiger partial charge in [0.1, 0.15) is 17.4 Å². The second kappa shape index (κ2) is 12.0. The zero-order valence-electron chi connectivity index (χ0n) is 22.4. The Morgan fingerprint density at radius 1 is 1.10 bits per heavy atom. The lowest BCUT2D eigenvalue weighted by molar-refractivity contribution is -0.274. The number of carbonyl (C=O) groups excluding carboxylic acids is 1. The van der Waals surface area contributed by atoms with Gasteiger partial charge in [0, 0.05) is 5.39 Å². The van der Waals surface area contributed by atoms with E-state index in [-0.39, 0.29) is 34.0 Å². The van der Waals surface area contributed by atoms with E-state index >= 15 is 0 Å². The molecule has 0 fully saturated rings. The maximum absolute atomic E-state index is 13.5. The van der Waals surface area contributed by atoms with Crippen LogP contribution in [0.15, 0.2) is 60.7 Å². The van der Waals surface area contributed by atoms with Crippen molar-refractivity contribution in [1.29, 1.82) is 0 Å². The number of benzene rings is 3. The molecule has 4 aromatic rings. The van der Waals surface area contributed by atoms with Crippen LogP contribution in [-0.4, -0.2) is 43.6 Å². The van der Waals surface area contributed by atoms with E-state index in [1.54, 1.807) is 31.2 Å². The van der Waals surface area contributed by atoms with Crippen molar-refractivity contribution in [2.75, 3.05) is 22.6 Å². The Hall–Kier alpha value is -4.14. The fourth-order valence-electron chi connectivity index (χ4n) is 4.12. The number of nitrogens with zero attached hydrogens (tertiary/aromatic N) is 3. The molecule has 0 bridgehead atoms. The minimum Gasteiger partial charge on any atom is -0.465 e. The first-order chi connectivity index (χ1) is 19.7. The largest absolute Gasteiger partial charge is 0.573 e. The number of aryl methyl sites for hydroxylation is 2. The molecule has 0 aliphatic carbocycles. The monoisotopic (exact) mass is 623 g/mol. The molecule has 0 radical (unpaired) electrons. The average molecular weight is 624 g/mol. The summed E-state index contributed by atoms with van der Waals surface area (Å²) in [7, 11) is -3.04. The molecule has 15 heteroatoms. The number of fused-ring (bicyclic) bond motifs is 1. The fourth-order valence-corrected chi connectivity index (χ4v) is 5.65. The van der Waals surface area contributed by atoms with E-state index in [0.29, 0.717) is 9.80 Å². The molecule has 0 spiro atoms. The van der Waals surface area contributed by atoms with Gasteiger partial charge >= 0.3 is 12.3 Å². The Bertz CT molecular complexity index is 1740. The van der Waals surface area contributed by atoms with Gasteiger partial charge in [0.2, 0.25) is 0 Å². The summed E-state index contributed by atoms with van der Waals surface area (Å²) in [6.07, 6.45) is -4.99. The number of rotatable bonds is 9. The van der Waals surface area contributed by atoms with Gasteiger partial charge in [-0.05, 0) is 55.8 Å². The van der Waals surface area contributed by atoms with Crippen molar-refractivity contribution < 1.29 is 35.9 Å². The number of aromatic nitrogens is 2. The first-order valence-corrected chi connectivity index (χ1v) is 14.2. The predicted molar refractivity (Wildman–Crippen MR) is 152 cm³/mol. The second-order valence-corrected chi connectivity index (χ2v) is 11.5. The number of ether oxygens (including phenoxy) is 2. The maximum atomic E-state index is 13.5. The van der Waals surface area contributed by atoms with Gasteiger partial charge in [0.05, 0.1) is 40.7 Å². The fraction of sp³-hybridized carbons (Fsp3) is 0.222. The number of carbonyl (C=O) groups is 1. The van der Waals surface area contributed by atoms with Crippen LogP contribution in [0, 0.1) is 13.8 Å². The molecule has 0 aliphatic heterocycles. The Labute approximate surface area is 244 Å². The zero-order chi connectivity index (χ0) is 30.8. The molecule has 0 amide bonds. The number of sulfonamides is 1. The van der Waals surface area contributed by atoms with E-state index in [1.165, 1.54) is 31.4 Å². The topological polar surface area (TPSA) is 137 Å². The lowest BCUT2D eigenvalue weighted by atomic mass is 10.1. The second-order valence-electron chi connectivity index (χ2n) is 9.16. The Balaban J connectivity index is 1.81. The van der Waals surface area contributed by atoms with Crippen molar-refractivity contribution in [2.45, 2.75) is 26.3 Å². The lowest BCUT2D eigenvalue weighted by Gasteiger charge is -2.25. The lowest BCUT2D eigenvalue weighted by Crippen LogP contribution is -2.41. The van der Waals surface area contributed by atoms with Crippen molar-refractivity contribution in [3.63, 3.8) is 0 Å². The van der Waals surface area contributed by atoms with E-state index in [9.17, 15) is 26.4 Å². The number of anilines is 2. The first-order valence-electron chi connectivity index (χ1n) is 12.2. The SMILES string of the molecule is COC(=O)c1cccc2c(N[C@H](CS(=O)(=O)N(N)c3ccc(C)cc3)c3ccc(OC(F)(F)F)c(Cl)c3)nc(C)nc12. The van der Waals surface area contributed by atoms with Gasteiger partial charge in [0.15, 0.2) is 0 Å². The number of nitrogens with one attached hydrogen (secondary N) is 1. The third-order valence-corrected chi connectivity index (χ3v) is 7.96. The van der Waals surface area contributed by atoms with Crippen LogP contribution in [0.1, 0.15) is 33.4 Å². The molecule has 222 valence electrons. The number of hydrazine groups is 1. The standard InChI is InChI=1S/C27H25ClF3N5O5S/c1-15-7-10-18(11-8-15)36(32)42(38,39)14-22(17-9-12-23(21(28)13-17)41-27(29,30)31)35-25-19-5-4-6-20(26(37)40-3)24(19)33-16(2)34-25/h4-13,22H,14,32H2,1-3H3,(H,33,34,35)/t22-/m1/s1. The number of nitrogens with two attached hydrogens (primary N) is 1. The van der Waals surface area contributed by atoms with Crippen LogP contribution in [0.25, 0.3) is 10.9 Å². The van der Waals surface area contributed by atoms with E-state index in [1.807, 2.05) is 6.92 Å². The molecular formula is C27H25ClF3N5O5S. The number of esters is 1. The predicted octanol–water partition coefficient (Wildman–Crippen LogP) is 5.45. The molecule has 1 atom stereocenters. The van der Waals surface area contributed by atoms with Gasteiger partial charge < -0.3 is 14.8 Å². The van der Waals surface area contributed by atoms with E-state index in [2.05, 4.69) is 20.0 Å².